The van der Waals surface area contributed by atoms with Crippen molar-refractivity contribution in [3.63, 3.8) is 0 Å². The zero-order chi connectivity index (χ0) is 11.9. The van der Waals surface area contributed by atoms with Gasteiger partial charge in [-0.3, -0.25) is 0 Å². The molecule has 0 amide bonds. The fourth-order valence-electron chi connectivity index (χ4n) is 1.11. The number of ether oxygens (including phenoxy) is 2. The van der Waals surface area contributed by atoms with Gasteiger partial charge in [0.15, 0.2) is 6.29 Å². The van der Waals surface area contributed by atoms with E-state index in [0.717, 1.165) is 0 Å². The third kappa shape index (κ3) is 7.72. The van der Waals surface area contributed by atoms with Gasteiger partial charge in [0, 0.05) is 19.5 Å². The molecular formula is C9H21NO4S. The molecule has 6 heteroatoms. The number of hydrogen-bond acceptors (Lipinski definition) is 5. The van der Waals surface area contributed by atoms with E-state index in [-0.39, 0.29) is 5.75 Å². The van der Waals surface area contributed by atoms with E-state index in [4.69, 9.17) is 15.2 Å². The normalized spacial score (nSPS) is 14.5. The Kier molecular flexibility index (Phi) is 7.08. The van der Waals surface area contributed by atoms with E-state index in [0.29, 0.717) is 19.6 Å². The van der Waals surface area contributed by atoms with Crippen molar-refractivity contribution in [3.8, 4) is 0 Å². The first kappa shape index (κ1) is 14.8. The topological polar surface area (TPSA) is 78.6 Å². The Morgan fingerprint density at radius 3 is 2.00 bits per heavy atom. The second kappa shape index (κ2) is 7.16. The highest BCUT2D eigenvalue weighted by molar-refractivity contribution is 7.90. The maximum absolute atomic E-state index is 10.9. The summed E-state index contributed by atoms with van der Waals surface area (Å²) in [7, 11) is -2.97. The molecule has 0 saturated carbocycles. The average molecular weight is 239 g/mol. The van der Waals surface area contributed by atoms with Crippen LogP contribution in [0.5, 0.6) is 0 Å². The SMILES string of the molecule is CCOC(OCC)C(N)CCS(C)(=O)=O. The second-order valence-electron chi connectivity index (χ2n) is 3.36. The highest BCUT2D eigenvalue weighted by Gasteiger charge is 2.19. The minimum atomic E-state index is -2.97. The molecule has 1 atom stereocenters. The van der Waals surface area contributed by atoms with E-state index in [1.165, 1.54) is 6.26 Å². The summed E-state index contributed by atoms with van der Waals surface area (Å²) < 4.78 is 32.4. The van der Waals surface area contributed by atoms with Crippen molar-refractivity contribution in [3.05, 3.63) is 0 Å². The maximum atomic E-state index is 10.9. The van der Waals surface area contributed by atoms with Crippen LogP contribution in [-0.4, -0.2) is 46.0 Å². The fourth-order valence-corrected chi connectivity index (χ4v) is 1.81. The van der Waals surface area contributed by atoms with Gasteiger partial charge in [-0.2, -0.15) is 0 Å². The van der Waals surface area contributed by atoms with E-state index < -0.39 is 22.2 Å². The molecule has 0 saturated heterocycles. The van der Waals surface area contributed by atoms with Gasteiger partial charge in [0.05, 0.1) is 11.8 Å². The Balaban J connectivity index is 4.07. The molecule has 0 aliphatic rings. The standard InChI is InChI=1S/C9H21NO4S/c1-4-13-9(14-5-2)8(10)6-7-15(3,11)12/h8-9H,4-7,10H2,1-3H3. The molecule has 0 radical (unpaired) electrons. The molecule has 0 aromatic heterocycles. The number of rotatable bonds is 8. The molecule has 0 bridgehead atoms. The molecule has 0 fully saturated rings. The van der Waals surface area contributed by atoms with E-state index in [2.05, 4.69) is 0 Å². The van der Waals surface area contributed by atoms with Crippen molar-refractivity contribution in [1.29, 1.82) is 0 Å². The van der Waals surface area contributed by atoms with Gasteiger partial charge < -0.3 is 15.2 Å². The highest BCUT2D eigenvalue weighted by atomic mass is 32.2. The fraction of sp³-hybridized carbons (Fsp3) is 1.00. The van der Waals surface area contributed by atoms with Gasteiger partial charge >= 0.3 is 0 Å². The van der Waals surface area contributed by atoms with Crippen LogP contribution >= 0.6 is 0 Å². The third-order valence-corrected chi connectivity index (χ3v) is 2.81. The van der Waals surface area contributed by atoms with Crippen molar-refractivity contribution in [2.24, 2.45) is 5.73 Å². The summed E-state index contributed by atoms with van der Waals surface area (Å²) in [6, 6.07) is -0.403. The second-order valence-corrected chi connectivity index (χ2v) is 5.62. The summed E-state index contributed by atoms with van der Waals surface area (Å²) >= 11 is 0. The average Bonchev–Trinajstić information content (AvgIpc) is 2.13. The molecule has 0 spiro atoms. The lowest BCUT2D eigenvalue weighted by atomic mass is 10.2. The summed E-state index contributed by atoms with van der Waals surface area (Å²) in [6.45, 7) is 4.68. The van der Waals surface area contributed by atoms with E-state index in [9.17, 15) is 8.42 Å². The highest BCUT2D eigenvalue weighted by Crippen LogP contribution is 2.05. The van der Waals surface area contributed by atoms with E-state index in [1.807, 2.05) is 13.8 Å². The Labute approximate surface area is 91.9 Å². The van der Waals surface area contributed by atoms with Crippen LogP contribution in [-0.2, 0) is 19.3 Å². The lowest BCUT2D eigenvalue weighted by Crippen LogP contribution is -2.40. The number of hydrogen-bond donors (Lipinski definition) is 1. The maximum Gasteiger partial charge on any atom is 0.172 e. The third-order valence-electron chi connectivity index (χ3n) is 1.83. The summed E-state index contributed by atoms with van der Waals surface area (Å²) in [6.07, 6.45) is 1.03. The van der Waals surface area contributed by atoms with Crippen molar-refractivity contribution < 1.29 is 17.9 Å². The molecule has 0 aromatic carbocycles. The Bertz CT molecular complexity index is 247. The monoisotopic (exact) mass is 239 g/mol. The Morgan fingerprint density at radius 1 is 1.20 bits per heavy atom. The largest absolute Gasteiger partial charge is 0.351 e. The van der Waals surface area contributed by atoms with Crippen LogP contribution in [0.15, 0.2) is 0 Å². The van der Waals surface area contributed by atoms with E-state index in [1.54, 1.807) is 0 Å². The minimum Gasteiger partial charge on any atom is -0.351 e. The van der Waals surface area contributed by atoms with Crippen LogP contribution in [0.1, 0.15) is 20.3 Å². The lowest BCUT2D eigenvalue weighted by Gasteiger charge is -2.23. The molecule has 0 heterocycles. The van der Waals surface area contributed by atoms with Gasteiger partial charge in [-0.1, -0.05) is 0 Å². The van der Waals surface area contributed by atoms with Gasteiger partial charge in [0.2, 0.25) is 0 Å². The quantitative estimate of drug-likeness (QED) is 0.610. The zero-order valence-corrected chi connectivity index (χ0v) is 10.4. The predicted molar refractivity (Wildman–Crippen MR) is 59.3 cm³/mol. The molecule has 1 unspecified atom stereocenters. The summed E-state index contributed by atoms with van der Waals surface area (Å²) in [5.41, 5.74) is 5.78. The summed E-state index contributed by atoms with van der Waals surface area (Å²) in [5, 5.41) is 0. The van der Waals surface area contributed by atoms with Crippen LogP contribution in [0.2, 0.25) is 0 Å². The van der Waals surface area contributed by atoms with Gasteiger partial charge in [0.1, 0.15) is 9.84 Å². The van der Waals surface area contributed by atoms with Crippen LogP contribution in [0.4, 0.5) is 0 Å². The Morgan fingerprint density at radius 2 is 1.67 bits per heavy atom. The smallest absolute Gasteiger partial charge is 0.172 e. The van der Waals surface area contributed by atoms with Crippen molar-refractivity contribution in [1.82, 2.24) is 0 Å². The van der Waals surface area contributed by atoms with Crippen LogP contribution in [0.25, 0.3) is 0 Å². The molecule has 92 valence electrons. The van der Waals surface area contributed by atoms with Crippen LogP contribution in [0, 0.1) is 0 Å². The van der Waals surface area contributed by atoms with Gasteiger partial charge in [-0.15, -0.1) is 0 Å². The first-order chi connectivity index (χ1) is 6.90. The molecule has 0 rings (SSSR count). The summed E-state index contributed by atoms with van der Waals surface area (Å²) in [4.78, 5) is 0. The van der Waals surface area contributed by atoms with E-state index >= 15 is 0 Å². The lowest BCUT2D eigenvalue weighted by molar-refractivity contribution is -0.148. The Hall–Kier alpha value is -0.170. The van der Waals surface area contributed by atoms with Crippen LogP contribution in [0.3, 0.4) is 0 Å². The first-order valence-electron chi connectivity index (χ1n) is 5.07. The van der Waals surface area contributed by atoms with Crippen molar-refractivity contribution in [2.75, 3.05) is 25.2 Å². The van der Waals surface area contributed by atoms with Gasteiger partial charge in [-0.05, 0) is 20.3 Å². The zero-order valence-electron chi connectivity index (χ0n) is 9.60. The molecule has 5 nitrogen and oxygen atoms in total. The molecule has 2 N–H and O–H groups in total. The predicted octanol–water partition coefficient (Wildman–Crippen LogP) is 0.148. The molecule has 15 heavy (non-hydrogen) atoms. The number of nitrogens with two attached hydrogens (primary N) is 1. The minimum absolute atomic E-state index is 0.0603. The first-order valence-corrected chi connectivity index (χ1v) is 7.13. The molecule has 0 aromatic rings. The molecule has 0 aliphatic heterocycles. The van der Waals surface area contributed by atoms with Crippen LogP contribution < -0.4 is 5.73 Å². The van der Waals surface area contributed by atoms with Crippen molar-refractivity contribution >= 4 is 9.84 Å². The number of sulfone groups is 1. The van der Waals surface area contributed by atoms with Gasteiger partial charge in [-0.25, -0.2) is 8.42 Å². The van der Waals surface area contributed by atoms with Gasteiger partial charge in [0.25, 0.3) is 0 Å². The molecular weight excluding hydrogens is 218 g/mol. The van der Waals surface area contributed by atoms with Crippen molar-refractivity contribution in [2.45, 2.75) is 32.6 Å². The molecule has 0 aliphatic carbocycles. The summed E-state index contributed by atoms with van der Waals surface area (Å²) in [5.74, 6) is 0.0603.